The highest BCUT2D eigenvalue weighted by Crippen LogP contribution is 2.27. The van der Waals surface area contributed by atoms with Gasteiger partial charge in [0.05, 0.1) is 12.2 Å². The van der Waals surface area contributed by atoms with E-state index < -0.39 is 12.1 Å². The van der Waals surface area contributed by atoms with E-state index in [4.69, 9.17) is 14.6 Å². The summed E-state index contributed by atoms with van der Waals surface area (Å²) >= 11 is 0. The number of halogens is 3. The van der Waals surface area contributed by atoms with Crippen LogP contribution >= 0.6 is 0 Å². The van der Waals surface area contributed by atoms with Crippen molar-refractivity contribution in [3.63, 3.8) is 0 Å². The van der Waals surface area contributed by atoms with Crippen LogP contribution in [0.3, 0.4) is 0 Å². The van der Waals surface area contributed by atoms with E-state index in [1.165, 1.54) is 6.33 Å². The van der Waals surface area contributed by atoms with E-state index in [9.17, 15) is 22.8 Å². The van der Waals surface area contributed by atoms with Crippen LogP contribution in [0.4, 0.5) is 24.7 Å². The number of amides is 2. The third kappa shape index (κ3) is 7.64. The number of methoxy groups -OCH3 is 1. The Hall–Kier alpha value is -4.20. The average molecular weight is 525 g/mol. The monoisotopic (exact) mass is 524 g/mol. The van der Waals surface area contributed by atoms with E-state index in [2.05, 4.69) is 26.0 Å². The number of nitrogens with one attached hydrogen (secondary N) is 3. The molecule has 0 saturated heterocycles. The lowest BCUT2D eigenvalue weighted by atomic mass is 10.1. The summed E-state index contributed by atoms with van der Waals surface area (Å²) in [4.78, 5) is 38.0. The van der Waals surface area contributed by atoms with E-state index in [-0.39, 0.29) is 11.8 Å². The molecule has 0 aliphatic rings. The van der Waals surface area contributed by atoms with Crippen molar-refractivity contribution in [2.24, 2.45) is 0 Å². The second kappa shape index (κ2) is 12.7. The third-order valence-electron chi connectivity index (χ3n) is 5.00. The Balaban J connectivity index is 0.000000604. The molecule has 0 radical (unpaired) electrons. The number of aromatic nitrogens is 3. The molecule has 0 spiro atoms. The molecule has 0 saturated carbocycles. The molecule has 37 heavy (non-hydrogen) atoms. The van der Waals surface area contributed by atoms with Crippen molar-refractivity contribution in [2.75, 3.05) is 32.1 Å². The predicted molar refractivity (Wildman–Crippen MR) is 128 cm³/mol. The van der Waals surface area contributed by atoms with E-state index in [1.807, 2.05) is 26.8 Å². The molecule has 2 amide bonds. The summed E-state index contributed by atoms with van der Waals surface area (Å²) in [6.45, 7) is 7.10. The summed E-state index contributed by atoms with van der Waals surface area (Å²) in [6.07, 6.45) is -1.97. The van der Waals surface area contributed by atoms with Crippen molar-refractivity contribution in [1.82, 2.24) is 25.2 Å². The molecule has 0 atom stereocenters. The maximum absolute atomic E-state index is 12.4. The van der Waals surface area contributed by atoms with Crippen LogP contribution in [-0.2, 0) is 9.53 Å². The van der Waals surface area contributed by atoms with Gasteiger partial charge in [0.25, 0.3) is 11.8 Å². The maximum atomic E-state index is 12.4. The molecule has 1 aromatic carbocycles. The summed E-state index contributed by atoms with van der Waals surface area (Å²) in [5.41, 5.74) is 4.24. The normalized spacial score (nSPS) is 10.9. The van der Waals surface area contributed by atoms with E-state index in [1.54, 1.807) is 30.0 Å². The smallest absolute Gasteiger partial charge is 0.475 e. The van der Waals surface area contributed by atoms with Crippen molar-refractivity contribution < 1.29 is 37.4 Å². The first kappa shape index (κ1) is 29.0. The topological polar surface area (TPSA) is 147 Å². The highest BCUT2D eigenvalue weighted by atomic mass is 19.4. The molecular weight excluding hydrogens is 497 g/mol. The van der Waals surface area contributed by atoms with E-state index in [0.717, 1.165) is 16.8 Å². The number of carbonyl (C=O) groups excluding carboxylic acids is 2. The van der Waals surface area contributed by atoms with E-state index >= 15 is 0 Å². The van der Waals surface area contributed by atoms with Gasteiger partial charge in [0.2, 0.25) is 0 Å². The lowest BCUT2D eigenvalue weighted by Gasteiger charge is -2.12. The number of hydrogen-bond donors (Lipinski definition) is 4. The molecule has 0 unspecified atom stereocenters. The number of fused-ring (bicyclic) bond motifs is 1. The van der Waals surface area contributed by atoms with Gasteiger partial charge in [-0.2, -0.15) is 18.3 Å². The van der Waals surface area contributed by atoms with Crippen LogP contribution in [0, 0.1) is 13.8 Å². The van der Waals surface area contributed by atoms with Crippen molar-refractivity contribution in [1.29, 1.82) is 0 Å². The molecule has 3 rings (SSSR count). The number of benzene rings is 1. The number of carbonyl (C=O) groups is 3. The molecule has 0 aliphatic heterocycles. The standard InChI is InChI=1S/C21H26N6O3.C2HF3O2/c1-5-22-21(29)16-11-27-18(14(16)3)19(24-12-25-27)26-17-10-15(7-6-13(17)2)20(28)23-8-9-30-4;3-2(4,5)1(6)7/h6-7,10-12H,5,8-9H2,1-4H3,(H,22,29)(H,23,28)(H,24,25,26);(H,6,7). The molecule has 14 heteroatoms. The van der Waals surface area contributed by atoms with Crippen LogP contribution in [0.25, 0.3) is 5.52 Å². The molecule has 3 aromatic rings. The zero-order chi connectivity index (χ0) is 27.8. The van der Waals surface area contributed by atoms with Gasteiger partial charge >= 0.3 is 12.1 Å². The lowest BCUT2D eigenvalue weighted by Crippen LogP contribution is -2.27. The second-order valence-electron chi connectivity index (χ2n) is 7.64. The van der Waals surface area contributed by atoms with E-state index in [0.29, 0.717) is 42.2 Å². The molecule has 11 nitrogen and oxygen atoms in total. The highest BCUT2D eigenvalue weighted by molar-refractivity contribution is 5.99. The molecular formula is C23H27F3N6O5. The maximum Gasteiger partial charge on any atom is 0.490 e. The number of aliphatic carboxylic acids is 1. The van der Waals surface area contributed by atoms with Gasteiger partial charge < -0.3 is 25.8 Å². The zero-order valence-electron chi connectivity index (χ0n) is 20.6. The summed E-state index contributed by atoms with van der Waals surface area (Å²) < 4.78 is 38.3. The van der Waals surface area contributed by atoms with Gasteiger partial charge in [0.1, 0.15) is 11.8 Å². The fraction of sp³-hybridized carbons (Fsp3) is 0.348. The largest absolute Gasteiger partial charge is 0.490 e. The average Bonchev–Trinajstić information content (AvgIpc) is 3.18. The van der Waals surface area contributed by atoms with Gasteiger partial charge in [0.15, 0.2) is 5.82 Å². The van der Waals surface area contributed by atoms with Gasteiger partial charge in [0, 0.05) is 37.6 Å². The Morgan fingerprint density at radius 1 is 1.14 bits per heavy atom. The zero-order valence-corrected chi connectivity index (χ0v) is 20.6. The number of nitrogens with zero attached hydrogens (tertiary/aromatic N) is 3. The van der Waals surface area contributed by atoms with Gasteiger partial charge in [-0.25, -0.2) is 14.3 Å². The minimum Gasteiger partial charge on any atom is -0.475 e. The summed E-state index contributed by atoms with van der Waals surface area (Å²) in [5.74, 6) is -2.54. The Morgan fingerprint density at radius 2 is 1.81 bits per heavy atom. The Bertz CT molecular complexity index is 1280. The minimum atomic E-state index is -5.08. The fourth-order valence-electron chi connectivity index (χ4n) is 3.13. The number of anilines is 2. The number of hydrogen-bond acceptors (Lipinski definition) is 7. The first-order valence-corrected chi connectivity index (χ1v) is 11.0. The number of alkyl halides is 3. The van der Waals surface area contributed by atoms with Crippen LogP contribution in [0.15, 0.2) is 30.7 Å². The lowest BCUT2D eigenvalue weighted by molar-refractivity contribution is -0.192. The molecule has 0 aliphatic carbocycles. The number of ether oxygens (including phenoxy) is 1. The van der Waals surface area contributed by atoms with Crippen LogP contribution < -0.4 is 16.0 Å². The predicted octanol–water partition coefficient (Wildman–Crippen LogP) is 2.85. The first-order valence-electron chi connectivity index (χ1n) is 11.0. The number of carboxylic acids is 1. The third-order valence-corrected chi connectivity index (χ3v) is 5.00. The molecule has 0 fully saturated rings. The van der Waals surface area contributed by atoms with Gasteiger partial charge in [-0.1, -0.05) is 6.07 Å². The molecule has 2 heterocycles. The SMILES string of the molecule is CCNC(=O)c1cn2ncnc(Nc3cc(C(=O)NCCOC)ccc3C)c2c1C.O=C(O)C(F)(F)F. The van der Waals surface area contributed by atoms with Gasteiger partial charge in [-0.3, -0.25) is 9.59 Å². The summed E-state index contributed by atoms with van der Waals surface area (Å²) in [6, 6.07) is 5.42. The Labute approximate surface area is 210 Å². The highest BCUT2D eigenvalue weighted by Gasteiger charge is 2.38. The molecule has 4 N–H and O–H groups in total. The number of carboxylic acid groups (broad SMARTS) is 1. The number of rotatable bonds is 8. The quantitative estimate of drug-likeness (QED) is 0.329. The fourth-order valence-corrected chi connectivity index (χ4v) is 3.13. The van der Waals surface area contributed by atoms with Gasteiger partial charge in [-0.05, 0) is 44.0 Å². The van der Waals surface area contributed by atoms with Crippen LogP contribution in [0.2, 0.25) is 0 Å². The first-order chi connectivity index (χ1) is 17.4. The molecule has 200 valence electrons. The Kier molecular flexibility index (Phi) is 9.94. The Morgan fingerprint density at radius 3 is 2.41 bits per heavy atom. The van der Waals surface area contributed by atoms with Crippen molar-refractivity contribution in [2.45, 2.75) is 26.9 Å². The van der Waals surface area contributed by atoms with Crippen LogP contribution in [-0.4, -0.2) is 70.5 Å². The van der Waals surface area contributed by atoms with Crippen LogP contribution in [0.5, 0.6) is 0 Å². The minimum absolute atomic E-state index is 0.155. The summed E-state index contributed by atoms with van der Waals surface area (Å²) in [7, 11) is 1.59. The summed E-state index contributed by atoms with van der Waals surface area (Å²) in [5, 5.41) is 20.3. The molecule has 0 bridgehead atoms. The molecule has 2 aromatic heterocycles. The number of aryl methyl sites for hydroxylation is 2. The van der Waals surface area contributed by atoms with Crippen molar-refractivity contribution in [3.05, 3.63) is 53.0 Å². The van der Waals surface area contributed by atoms with Gasteiger partial charge in [-0.15, -0.1) is 0 Å². The second-order valence-corrected chi connectivity index (χ2v) is 7.64. The van der Waals surface area contributed by atoms with Crippen molar-refractivity contribution in [3.8, 4) is 0 Å². The van der Waals surface area contributed by atoms with Crippen LogP contribution in [0.1, 0.15) is 38.8 Å². The van der Waals surface area contributed by atoms with Crippen molar-refractivity contribution >= 4 is 34.8 Å².